The van der Waals surface area contributed by atoms with E-state index >= 15 is 0 Å². The first-order chi connectivity index (χ1) is 12.7. The third kappa shape index (κ3) is 3.38. The number of amides is 1. The molecule has 0 saturated carbocycles. The Morgan fingerprint density at radius 2 is 1.65 bits per heavy atom. The Labute approximate surface area is 153 Å². The molecule has 5 nitrogen and oxygen atoms in total. The Morgan fingerprint density at radius 1 is 1.00 bits per heavy atom. The van der Waals surface area contributed by atoms with Crippen LogP contribution in [-0.4, -0.2) is 29.0 Å². The van der Waals surface area contributed by atoms with E-state index in [1.54, 1.807) is 0 Å². The van der Waals surface area contributed by atoms with E-state index in [0.717, 1.165) is 53.9 Å². The van der Waals surface area contributed by atoms with Gasteiger partial charge < -0.3 is 10.2 Å². The number of benzene rings is 2. The fourth-order valence-corrected chi connectivity index (χ4v) is 3.38. The first-order valence-corrected chi connectivity index (χ1v) is 9.07. The first kappa shape index (κ1) is 16.5. The summed E-state index contributed by atoms with van der Waals surface area (Å²) in [6.45, 7) is 3.93. The molecule has 0 spiro atoms. The Hall–Kier alpha value is -2.95. The van der Waals surface area contributed by atoms with Crippen molar-refractivity contribution in [2.45, 2.75) is 26.2 Å². The average Bonchev–Trinajstić information content (AvgIpc) is 3.17. The van der Waals surface area contributed by atoms with E-state index in [2.05, 4.69) is 15.2 Å². The Bertz CT molecular complexity index is 948. The number of para-hydroxylation sites is 2. The zero-order chi connectivity index (χ0) is 17.9. The number of nitrogens with one attached hydrogen (secondary N) is 1. The van der Waals surface area contributed by atoms with Crippen LogP contribution in [0.2, 0.25) is 0 Å². The lowest BCUT2D eigenvalue weighted by Crippen LogP contribution is -2.24. The SMILES string of the molecule is Cc1ccccc1CC(=O)Nc1nc2ccccc2nc1N1CCCC1. The summed E-state index contributed by atoms with van der Waals surface area (Å²) in [6, 6.07) is 15.7. The van der Waals surface area contributed by atoms with Crippen LogP contribution in [0.4, 0.5) is 11.6 Å². The van der Waals surface area contributed by atoms with Gasteiger partial charge in [-0.1, -0.05) is 36.4 Å². The number of carbonyl (C=O) groups excluding carboxylic acids is 1. The maximum Gasteiger partial charge on any atom is 0.230 e. The van der Waals surface area contributed by atoms with Gasteiger partial charge in [0, 0.05) is 13.1 Å². The van der Waals surface area contributed by atoms with E-state index in [-0.39, 0.29) is 5.91 Å². The molecule has 1 aliphatic heterocycles. The lowest BCUT2D eigenvalue weighted by atomic mass is 10.1. The Kier molecular flexibility index (Phi) is 4.52. The molecule has 0 unspecified atom stereocenters. The molecule has 1 fully saturated rings. The number of anilines is 2. The van der Waals surface area contributed by atoms with E-state index in [1.807, 2.05) is 55.5 Å². The molecule has 2 heterocycles. The fraction of sp³-hybridized carbons (Fsp3) is 0.286. The number of nitrogens with zero attached hydrogens (tertiary/aromatic N) is 3. The van der Waals surface area contributed by atoms with Crippen molar-refractivity contribution in [2.75, 3.05) is 23.3 Å². The number of hydrogen-bond acceptors (Lipinski definition) is 4. The van der Waals surface area contributed by atoms with Gasteiger partial charge in [-0.25, -0.2) is 9.97 Å². The maximum absolute atomic E-state index is 12.6. The van der Waals surface area contributed by atoms with Gasteiger partial charge in [-0.3, -0.25) is 4.79 Å². The van der Waals surface area contributed by atoms with Crippen molar-refractivity contribution in [3.05, 3.63) is 59.7 Å². The van der Waals surface area contributed by atoms with Gasteiger partial charge in [-0.2, -0.15) is 0 Å². The van der Waals surface area contributed by atoms with Crippen LogP contribution in [0.1, 0.15) is 24.0 Å². The minimum absolute atomic E-state index is 0.0654. The molecule has 1 aliphatic rings. The summed E-state index contributed by atoms with van der Waals surface area (Å²) in [5, 5.41) is 3.00. The van der Waals surface area contributed by atoms with Crippen LogP contribution >= 0.6 is 0 Å². The molecule has 4 rings (SSSR count). The van der Waals surface area contributed by atoms with Crippen molar-refractivity contribution >= 4 is 28.6 Å². The lowest BCUT2D eigenvalue weighted by molar-refractivity contribution is -0.115. The Morgan fingerprint density at radius 3 is 2.38 bits per heavy atom. The van der Waals surface area contributed by atoms with Crippen LogP contribution in [0.5, 0.6) is 0 Å². The number of fused-ring (bicyclic) bond motifs is 1. The van der Waals surface area contributed by atoms with Crippen LogP contribution in [0.15, 0.2) is 48.5 Å². The average molecular weight is 346 g/mol. The third-order valence-electron chi connectivity index (χ3n) is 4.83. The summed E-state index contributed by atoms with van der Waals surface area (Å²) >= 11 is 0. The monoisotopic (exact) mass is 346 g/mol. The fourth-order valence-electron chi connectivity index (χ4n) is 3.38. The molecule has 26 heavy (non-hydrogen) atoms. The van der Waals surface area contributed by atoms with Crippen molar-refractivity contribution in [1.29, 1.82) is 0 Å². The second-order valence-corrected chi connectivity index (χ2v) is 6.73. The first-order valence-electron chi connectivity index (χ1n) is 9.07. The molecule has 1 aromatic heterocycles. The van der Waals surface area contributed by atoms with Crippen molar-refractivity contribution in [1.82, 2.24) is 9.97 Å². The number of carbonyl (C=O) groups is 1. The van der Waals surface area contributed by atoms with Gasteiger partial charge in [0.2, 0.25) is 5.91 Å². The molecule has 1 N–H and O–H groups in total. The second kappa shape index (κ2) is 7.12. The van der Waals surface area contributed by atoms with Gasteiger partial charge in [0.05, 0.1) is 17.5 Å². The normalized spacial score (nSPS) is 14.0. The molecule has 0 bridgehead atoms. The topological polar surface area (TPSA) is 58.1 Å². The summed E-state index contributed by atoms with van der Waals surface area (Å²) in [7, 11) is 0. The van der Waals surface area contributed by atoms with Crippen LogP contribution in [-0.2, 0) is 11.2 Å². The minimum Gasteiger partial charge on any atom is -0.354 e. The highest BCUT2D eigenvalue weighted by Crippen LogP contribution is 2.28. The summed E-state index contributed by atoms with van der Waals surface area (Å²) in [6.07, 6.45) is 2.62. The zero-order valence-electron chi connectivity index (χ0n) is 14.9. The lowest BCUT2D eigenvalue weighted by Gasteiger charge is -2.20. The van der Waals surface area contributed by atoms with E-state index < -0.39 is 0 Å². The largest absolute Gasteiger partial charge is 0.354 e. The van der Waals surface area contributed by atoms with Crippen LogP contribution in [0.3, 0.4) is 0 Å². The van der Waals surface area contributed by atoms with Gasteiger partial charge in [0.15, 0.2) is 11.6 Å². The molecule has 0 atom stereocenters. The predicted octanol–water partition coefficient (Wildman–Crippen LogP) is 3.72. The molecule has 5 heteroatoms. The molecule has 0 radical (unpaired) electrons. The molecule has 1 saturated heterocycles. The predicted molar refractivity (Wildman–Crippen MR) is 104 cm³/mol. The highest BCUT2D eigenvalue weighted by molar-refractivity contribution is 5.95. The molecule has 132 valence electrons. The van der Waals surface area contributed by atoms with E-state index in [0.29, 0.717) is 12.2 Å². The minimum atomic E-state index is -0.0654. The molecular formula is C21H22N4O. The van der Waals surface area contributed by atoms with Crippen molar-refractivity contribution in [2.24, 2.45) is 0 Å². The third-order valence-corrected chi connectivity index (χ3v) is 4.83. The van der Waals surface area contributed by atoms with Gasteiger partial charge in [-0.15, -0.1) is 0 Å². The van der Waals surface area contributed by atoms with Gasteiger partial charge >= 0.3 is 0 Å². The molecule has 2 aromatic carbocycles. The molecule has 1 amide bonds. The number of aryl methyl sites for hydroxylation is 1. The zero-order valence-corrected chi connectivity index (χ0v) is 14.9. The smallest absolute Gasteiger partial charge is 0.230 e. The summed E-state index contributed by atoms with van der Waals surface area (Å²) < 4.78 is 0. The van der Waals surface area contributed by atoms with Crippen molar-refractivity contribution in [3.8, 4) is 0 Å². The maximum atomic E-state index is 12.6. The van der Waals surface area contributed by atoms with Gasteiger partial charge in [0.1, 0.15) is 0 Å². The quantitative estimate of drug-likeness (QED) is 0.782. The standard InChI is InChI=1S/C21H22N4O/c1-15-8-2-3-9-16(15)14-19(26)24-20-21(25-12-6-7-13-25)23-18-11-5-4-10-17(18)22-20/h2-5,8-11H,6-7,12-14H2,1H3,(H,22,24,26). The number of aromatic nitrogens is 2. The van der Waals surface area contributed by atoms with Crippen molar-refractivity contribution < 1.29 is 4.79 Å². The van der Waals surface area contributed by atoms with Crippen LogP contribution in [0, 0.1) is 6.92 Å². The highest BCUT2D eigenvalue weighted by Gasteiger charge is 2.20. The number of hydrogen-bond donors (Lipinski definition) is 1. The summed E-state index contributed by atoms with van der Waals surface area (Å²) in [4.78, 5) is 24.3. The van der Waals surface area contributed by atoms with Gasteiger partial charge in [0.25, 0.3) is 0 Å². The van der Waals surface area contributed by atoms with E-state index in [9.17, 15) is 4.79 Å². The van der Waals surface area contributed by atoms with E-state index in [4.69, 9.17) is 4.98 Å². The summed E-state index contributed by atoms with van der Waals surface area (Å²) in [5.41, 5.74) is 3.79. The highest BCUT2D eigenvalue weighted by atomic mass is 16.1. The van der Waals surface area contributed by atoms with E-state index in [1.165, 1.54) is 0 Å². The van der Waals surface area contributed by atoms with Crippen LogP contribution < -0.4 is 10.2 Å². The number of rotatable bonds is 4. The molecule has 3 aromatic rings. The molecule has 0 aliphatic carbocycles. The second-order valence-electron chi connectivity index (χ2n) is 6.73. The summed E-state index contributed by atoms with van der Waals surface area (Å²) in [5.74, 6) is 1.27. The van der Waals surface area contributed by atoms with Crippen LogP contribution in [0.25, 0.3) is 11.0 Å². The van der Waals surface area contributed by atoms with Gasteiger partial charge in [-0.05, 0) is 43.0 Å². The molecular weight excluding hydrogens is 324 g/mol. The van der Waals surface area contributed by atoms with Crippen molar-refractivity contribution in [3.63, 3.8) is 0 Å². The Balaban J connectivity index is 1.64.